The van der Waals surface area contributed by atoms with Crippen LogP contribution in [0.3, 0.4) is 0 Å². The third kappa shape index (κ3) is 4.79. The van der Waals surface area contributed by atoms with E-state index in [2.05, 4.69) is 5.32 Å². The number of nitrogens with one attached hydrogen (secondary N) is 1. The van der Waals surface area contributed by atoms with Gasteiger partial charge in [0.15, 0.2) is 9.84 Å². The van der Waals surface area contributed by atoms with Crippen LogP contribution in [0.15, 0.2) is 64.9 Å². The maximum atomic E-state index is 13.1. The minimum atomic E-state index is -3.44. The number of sulfone groups is 1. The molecule has 0 aliphatic carbocycles. The molecule has 0 spiro atoms. The molecule has 162 valence electrons. The average molecular weight is 475 g/mol. The van der Waals surface area contributed by atoms with Crippen molar-refractivity contribution in [2.75, 3.05) is 18.4 Å². The second-order valence-electron chi connectivity index (χ2n) is 7.65. The van der Waals surface area contributed by atoms with Gasteiger partial charge in [-0.3, -0.25) is 0 Å². The predicted molar refractivity (Wildman–Crippen MR) is 127 cm³/mol. The molecule has 2 amide bonds. The first-order valence-electron chi connectivity index (χ1n) is 10.0. The lowest BCUT2D eigenvalue weighted by Crippen LogP contribution is -2.44. The molecule has 3 aromatic rings. The van der Waals surface area contributed by atoms with Crippen LogP contribution in [0, 0.1) is 6.92 Å². The first-order chi connectivity index (χ1) is 14.8. The van der Waals surface area contributed by atoms with Crippen molar-refractivity contribution in [2.24, 2.45) is 0 Å². The molecule has 0 saturated carbocycles. The Morgan fingerprint density at radius 3 is 2.45 bits per heavy atom. The molecule has 0 unspecified atom stereocenters. The summed E-state index contributed by atoms with van der Waals surface area (Å²) in [5, 5.41) is 4.81. The molecular weight excluding hydrogens is 452 g/mol. The van der Waals surface area contributed by atoms with E-state index in [4.69, 9.17) is 11.6 Å². The highest BCUT2D eigenvalue weighted by Crippen LogP contribution is 2.29. The van der Waals surface area contributed by atoms with Gasteiger partial charge in [0.2, 0.25) is 0 Å². The number of anilines is 1. The summed E-state index contributed by atoms with van der Waals surface area (Å²) in [6.07, 6.45) is 0.813. The Hall–Kier alpha value is -2.35. The van der Waals surface area contributed by atoms with Gasteiger partial charge in [0, 0.05) is 18.0 Å². The van der Waals surface area contributed by atoms with Crippen LogP contribution < -0.4 is 5.32 Å². The zero-order valence-electron chi connectivity index (χ0n) is 17.0. The van der Waals surface area contributed by atoms with E-state index in [0.29, 0.717) is 41.5 Å². The summed E-state index contributed by atoms with van der Waals surface area (Å²) in [5.74, 6) is 0. The summed E-state index contributed by atoms with van der Waals surface area (Å²) < 4.78 is 26.2. The summed E-state index contributed by atoms with van der Waals surface area (Å²) in [4.78, 5) is 15.7. The molecule has 2 aromatic carbocycles. The number of hydrogen-bond donors (Lipinski definition) is 1. The van der Waals surface area contributed by atoms with Crippen molar-refractivity contribution in [1.82, 2.24) is 4.90 Å². The fraction of sp³-hybridized carbons (Fsp3) is 0.261. The van der Waals surface area contributed by atoms with Gasteiger partial charge in [-0.2, -0.15) is 0 Å². The van der Waals surface area contributed by atoms with Crippen molar-refractivity contribution in [3.05, 3.63) is 70.6 Å². The van der Waals surface area contributed by atoms with E-state index in [-0.39, 0.29) is 6.03 Å². The van der Waals surface area contributed by atoms with Crippen LogP contribution in [0.4, 0.5) is 10.5 Å². The van der Waals surface area contributed by atoms with Crippen LogP contribution in [0.25, 0.3) is 10.4 Å². The molecule has 5 nitrogen and oxygen atoms in total. The number of carbonyl (C=O) groups excluding carboxylic acids is 1. The molecule has 1 aliphatic heterocycles. The molecule has 1 aliphatic rings. The largest absolute Gasteiger partial charge is 0.324 e. The highest BCUT2D eigenvalue weighted by Gasteiger charge is 2.32. The van der Waals surface area contributed by atoms with Crippen LogP contribution in [-0.4, -0.2) is 37.7 Å². The SMILES string of the molecule is Cc1ccc(Cl)c(NC(=O)N2CCC(S(=O)(=O)c3ccc(-c4cccs4)cc3)CC2)c1. The quantitative estimate of drug-likeness (QED) is 0.516. The van der Waals surface area contributed by atoms with Gasteiger partial charge in [-0.1, -0.05) is 35.9 Å². The van der Waals surface area contributed by atoms with Gasteiger partial charge in [-0.25, -0.2) is 13.2 Å². The topological polar surface area (TPSA) is 66.5 Å². The molecular formula is C23H23ClN2O3S2. The Labute approximate surface area is 191 Å². The van der Waals surface area contributed by atoms with Crippen molar-refractivity contribution in [3.8, 4) is 10.4 Å². The Balaban J connectivity index is 1.39. The molecule has 31 heavy (non-hydrogen) atoms. The molecule has 1 fully saturated rings. The van der Waals surface area contributed by atoms with Gasteiger partial charge in [0.05, 0.1) is 20.9 Å². The molecule has 1 saturated heterocycles. The first kappa shape index (κ1) is 21.9. The zero-order chi connectivity index (χ0) is 22.0. The maximum absolute atomic E-state index is 13.1. The van der Waals surface area contributed by atoms with E-state index in [0.717, 1.165) is 16.0 Å². The minimum absolute atomic E-state index is 0.261. The highest BCUT2D eigenvalue weighted by atomic mass is 35.5. The maximum Gasteiger partial charge on any atom is 0.321 e. The van der Waals surface area contributed by atoms with E-state index < -0.39 is 15.1 Å². The van der Waals surface area contributed by atoms with E-state index in [1.165, 1.54) is 0 Å². The molecule has 1 N–H and O–H groups in total. The predicted octanol–water partition coefficient (Wildman–Crippen LogP) is 5.85. The van der Waals surface area contributed by atoms with Gasteiger partial charge in [0.1, 0.15) is 0 Å². The van der Waals surface area contributed by atoms with Gasteiger partial charge >= 0.3 is 6.03 Å². The fourth-order valence-corrected chi connectivity index (χ4v) is 6.37. The standard InChI is InChI=1S/C23H23ClN2O3S2/c1-16-4-9-20(24)21(15-16)25-23(27)26-12-10-19(11-13-26)31(28,29)18-7-5-17(6-8-18)22-3-2-14-30-22/h2-9,14-15,19H,10-13H2,1H3,(H,25,27). The molecule has 1 aromatic heterocycles. The number of halogens is 1. The smallest absolute Gasteiger partial charge is 0.321 e. The molecule has 0 radical (unpaired) electrons. The summed E-state index contributed by atoms with van der Waals surface area (Å²) in [6, 6.07) is 16.2. The molecule has 8 heteroatoms. The normalized spacial score (nSPS) is 15.1. The summed E-state index contributed by atoms with van der Waals surface area (Å²) >= 11 is 7.78. The van der Waals surface area contributed by atoms with Crippen LogP contribution in [0.1, 0.15) is 18.4 Å². The summed E-state index contributed by atoms with van der Waals surface area (Å²) in [6.45, 7) is 2.69. The number of nitrogens with zero attached hydrogens (tertiary/aromatic N) is 1. The number of urea groups is 1. The Morgan fingerprint density at radius 2 is 1.81 bits per heavy atom. The number of thiophene rings is 1. The summed E-state index contributed by atoms with van der Waals surface area (Å²) in [7, 11) is -3.44. The van der Waals surface area contributed by atoms with Gasteiger partial charge in [0.25, 0.3) is 0 Å². The second kappa shape index (κ2) is 9.02. The zero-order valence-corrected chi connectivity index (χ0v) is 19.4. The number of rotatable bonds is 4. The lowest BCUT2D eigenvalue weighted by Gasteiger charge is -2.32. The van der Waals surface area contributed by atoms with Crippen LogP contribution in [0.2, 0.25) is 5.02 Å². The Kier molecular flexibility index (Phi) is 6.36. The molecule has 0 bridgehead atoms. The lowest BCUT2D eigenvalue weighted by molar-refractivity contribution is 0.200. The molecule has 0 atom stereocenters. The average Bonchev–Trinajstić information content (AvgIpc) is 3.31. The second-order valence-corrected chi connectivity index (χ2v) is 11.2. The lowest BCUT2D eigenvalue weighted by atomic mass is 10.1. The number of amides is 2. The molecule has 2 heterocycles. The minimum Gasteiger partial charge on any atom is -0.324 e. The van der Waals surface area contributed by atoms with Crippen molar-refractivity contribution in [1.29, 1.82) is 0 Å². The monoisotopic (exact) mass is 474 g/mol. The molecule has 4 rings (SSSR count). The Bertz CT molecular complexity index is 1170. The van der Waals surface area contributed by atoms with Gasteiger partial charge < -0.3 is 10.2 Å². The third-order valence-corrected chi connectivity index (χ3v) is 9.05. The van der Waals surface area contributed by atoms with E-state index in [1.807, 2.05) is 48.7 Å². The first-order valence-corrected chi connectivity index (χ1v) is 12.8. The van der Waals surface area contributed by atoms with Crippen LogP contribution >= 0.6 is 22.9 Å². The number of likely N-dealkylation sites (tertiary alicyclic amines) is 1. The summed E-state index contributed by atoms with van der Waals surface area (Å²) in [5.41, 5.74) is 2.57. The van der Waals surface area contributed by atoms with Crippen molar-refractivity contribution in [2.45, 2.75) is 29.9 Å². The van der Waals surface area contributed by atoms with Crippen molar-refractivity contribution in [3.63, 3.8) is 0 Å². The fourth-order valence-electron chi connectivity index (χ4n) is 3.74. The number of aryl methyl sites for hydroxylation is 1. The van der Waals surface area contributed by atoms with E-state index in [1.54, 1.807) is 34.4 Å². The highest BCUT2D eigenvalue weighted by molar-refractivity contribution is 7.92. The Morgan fingerprint density at radius 1 is 1.10 bits per heavy atom. The number of piperidine rings is 1. The number of hydrogen-bond acceptors (Lipinski definition) is 4. The number of carbonyl (C=O) groups is 1. The van der Waals surface area contributed by atoms with Crippen molar-refractivity contribution >= 4 is 44.5 Å². The van der Waals surface area contributed by atoms with Gasteiger partial charge in [-0.05, 0) is 66.6 Å². The van der Waals surface area contributed by atoms with Crippen LogP contribution in [-0.2, 0) is 9.84 Å². The van der Waals surface area contributed by atoms with Gasteiger partial charge in [-0.15, -0.1) is 11.3 Å². The van der Waals surface area contributed by atoms with E-state index >= 15 is 0 Å². The van der Waals surface area contributed by atoms with Crippen molar-refractivity contribution < 1.29 is 13.2 Å². The third-order valence-electron chi connectivity index (χ3n) is 5.52. The van der Waals surface area contributed by atoms with E-state index in [9.17, 15) is 13.2 Å². The van der Waals surface area contributed by atoms with Crippen LogP contribution in [0.5, 0.6) is 0 Å². The number of benzene rings is 2.